The maximum Gasteiger partial charge on any atom is 0.308 e. The summed E-state index contributed by atoms with van der Waals surface area (Å²) in [5.74, 6) is -1.05. The van der Waals surface area contributed by atoms with E-state index in [1.165, 1.54) is 19.1 Å². The van der Waals surface area contributed by atoms with E-state index in [0.29, 0.717) is 22.8 Å². The number of esters is 1. The number of halogens is 2. The van der Waals surface area contributed by atoms with Crippen molar-refractivity contribution in [2.75, 3.05) is 16.8 Å². The first-order chi connectivity index (χ1) is 16.3. The second-order valence-corrected chi connectivity index (χ2v) is 8.77. The van der Waals surface area contributed by atoms with Crippen molar-refractivity contribution in [2.24, 2.45) is 0 Å². The molecule has 0 unspecified atom stereocenters. The summed E-state index contributed by atoms with van der Waals surface area (Å²) >= 11 is 12.6. The molecule has 0 fully saturated rings. The molecule has 3 aromatic carbocycles. The second kappa shape index (κ2) is 10.3. The SMILES string of the molecule is CC(=O)Oc1ccccc1C(=O)Nc1ccc(C(=O)N2CCCCc3cc(Cl)ccc32)c(Cl)c1. The molecule has 0 radical (unpaired) electrons. The van der Waals surface area contributed by atoms with Crippen molar-refractivity contribution in [3.63, 3.8) is 0 Å². The Labute approximate surface area is 207 Å². The van der Waals surface area contributed by atoms with Gasteiger partial charge in [-0.05, 0) is 73.4 Å². The Morgan fingerprint density at radius 1 is 0.941 bits per heavy atom. The normalized spacial score (nSPS) is 13.0. The van der Waals surface area contributed by atoms with Gasteiger partial charge in [-0.15, -0.1) is 0 Å². The highest BCUT2D eigenvalue weighted by atomic mass is 35.5. The summed E-state index contributed by atoms with van der Waals surface area (Å²) in [6.07, 6.45) is 2.68. The lowest BCUT2D eigenvalue weighted by atomic mass is 10.1. The fraction of sp³-hybridized carbons (Fsp3) is 0.192. The topological polar surface area (TPSA) is 75.7 Å². The average molecular weight is 497 g/mol. The molecule has 2 amide bonds. The molecule has 8 heteroatoms. The van der Waals surface area contributed by atoms with Gasteiger partial charge in [0.15, 0.2) is 0 Å². The molecule has 174 valence electrons. The third-order valence-electron chi connectivity index (χ3n) is 5.50. The third-order valence-corrected chi connectivity index (χ3v) is 6.05. The van der Waals surface area contributed by atoms with Crippen molar-refractivity contribution in [3.8, 4) is 5.75 Å². The predicted molar refractivity (Wildman–Crippen MR) is 133 cm³/mol. The van der Waals surface area contributed by atoms with Crippen LogP contribution < -0.4 is 15.0 Å². The summed E-state index contributed by atoms with van der Waals surface area (Å²) in [5, 5.41) is 3.59. The zero-order chi connectivity index (χ0) is 24.2. The van der Waals surface area contributed by atoms with Crippen molar-refractivity contribution in [1.29, 1.82) is 0 Å². The Hall–Kier alpha value is -3.35. The van der Waals surface area contributed by atoms with Gasteiger partial charge in [-0.2, -0.15) is 0 Å². The van der Waals surface area contributed by atoms with Gasteiger partial charge in [-0.25, -0.2) is 0 Å². The zero-order valence-corrected chi connectivity index (χ0v) is 19.9. The van der Waals surface area contributed by atoms with Crippen LogP contribution in [0.15, 0.2) is 60.7 Å². The summed E-state index contributed by atoms with van der Waals surface area (Å²) < 4.78 is 5.11. The van der Waals surface area contributed by atoms with E-state index in [9.17, 15) is 14.4 Å². The Morgan fingerprint density at radius 3 is 2.50 bits per heavy atom. The van der Waals surface area contributed by atoms with E-state index in [0.717, 1.165) is 30.5 Å². The number of carbonyl (C=O) groups excluding carboxylic acids is 3. The highest BCUT2D eigenvalue weighted by Gasteiger charge is 2.24. The molecule has 34 heavy (non-hydrogen) atoms. The molecule has 1 aliphatic rings. The number of nitrogens with zero attached hydrogens (tertiary/aromatic N) is 1. The molecule has 0 bridgehead atoms. The van der Waals surface area contributed by atoms with Crippen molar-refractivity contribution >= 4 is 52.4 Å². The molecule has 1 heterocycles. The summed E-state index contributed by atoms with van der Waals surface area (Å²) in [5.41, 5.74) is 2.82. The van der Waals surface area contributed by atoms with E-state index in [1.807, 2.05) is 12.1 Å². The minimum atomic E-state index is -0.525. The standard InChI is InChI=1S/C26H22Cl2N2O4/c1-16(31)34-24-8-3-2-7-21(24)25(32)29-19-10-11-20(22(28)15-19)26(33)30-13-5-4-6-17-14-18(27)9-12-23(17)30/h2-3,7-12,14-15H,4-6,13H2,1H3,(H,29,32). The number of benzene rings is 3. The number of hydrogen-bond acceptors (Lipinski definition) is 4. The van der Waals surface area contributed by atoms with Crippen LogP contribution in [0.5, 0.6) is 5.75 Å². The van der Waals surface area contributed by atoms with Crippen LogP contribution in [0.3, 0.4) is 0 Å². The predicted octanol–water partition coefficient (Wildman–Crippen LogP) is 6.15. The third kappa shape index (κ3) is 5.24. The summed E-state index contributed by atoms with van der Waals surface area (Å²) in [6.45, 7) is 1.84. The van der Waals surface area contributed by atoms with Crippen molar-refractivity contribution in [2.45, 2.75) is 26.2 Å². The van der Waals surface area contributed by atoms with Crippen LogP contribution in [0.4, 0.5) is 11.4 Å². The molecule has 0 saturated carbocycles. The molecule has 3 aromatic rings. The monoisotopic (exact) mass is 496 g/mol. The number of nitrogens with one attached hydrogen (secondary N) is 1. The summed E-state index contributed by atoms with van der Waals surface area (Å²) in [4.78, 5) is 39.2. The Balaban J connectivity index is 1.56. The average Bonchev–Trinajstić information content (AvgIpc) is 3.00. The summed E-state index contributed by atoms with van der Waals surface area (Å²) in [6, 6.07) is 16.7. The van der Waals surface area contributed by atoms with Gasteiger partial charge in [0, 0.05) is 29.9 Å². The number of rotatable bonds is 4. The van der Waals surface area contributed by atoms with Gasteiger partial charge in [0.1, 0.15) is 5.75 Å². The molecular weight excluding hydrogens is 475 g/mol. The van der Waals surface area contributed by atoms with E-state index < -0.39 is 11.9 Å². The van der Waals surface area contributed by atoms with Crippen molar-refractivity contribution < 1.29 is 19.1 Å². The number of para-hydroxylation sites is 1. The van der Waals surface area contributed by atoms with Gasteiger partial charge < -0.3 is 15.0 Å². The van der Waals surface area contributed by atoms with Crippen LogP contribution in [0.1, 0.15) is 46.0 Å². The van der Waals surface area contributed by atoms with Gasteiger partial charge in [0.05, 0.1) is 16.1 Å². The number of hydrogen-bond donors (Lipinski definition) is 1. The lowest BCUT2D eigenvalue weighted by molar-refractivity contribution is -0.131. The van der Waals surface area contributed by atoms with Gasteiger partial charge in [0.25, 0.3) is 11.8 Å². The molecule has 0 aliphatic carbocycles. The minimum absolute atomic E-state index is 0.158. The Kier molecular flexibility index (Phi) is 7.20. The van der Waals surface area contributed by atoms with E-state index in [1.54, 1.807) is 41.3 Å². The highest BCUT2D eigenvalue weighted by molar-refractivity contribution is 6.35. The first kappa shape index (κ1) is 23.8. The molecule has 1 N–H and O–H groups in total. The van der Waals surface area contributed by atoms with E-state index >= 15 is 0 Å². The van der Waals surface area contributed by atoms with Gasteiger partial charge >= 0.3 is 5.97 Å². The van der Waals surface area contributed by atoms with E-state index in [2.05, 4.69) is 5.32 Å². The fourth-order valence-corrected chi connectivity index (χ4v) is 4.40. The number of aryl methyl sites for hydroxylation is 1. The maximum absolute atomic E-state index is 13.4. The molecule has 6 nitrogen and oxygen atoms in total. The van der Waals surface area contributed by atoms with Crippen LogP contribution in [0, 0.1) is 0 Å². The van der Waals surface area contributed by atoms with Crippen LogP contribution in [-0.4, -0.2) is 24.3 Å². The quantitative estimate of drug-likeness (QED) is 0.346. The molecule has 4 rings (SSSR count). The molecule has 0 saturated heterocycles. The molecule has 0 atom stereocenters. The molecular formula is C26H22Cl2N2O4. The van der Waals surface area contributed by atoms with Crippen molar-refractivity contribution in [1.82, 2.24) is 0 Å². The lowest BCUT2D eigenvalue weighted by Gasteiger charge is -2.24. The van der Waals surface area contributed by atoms with E-state index in [-0.39, 0.29) is 22.2 Å². The van der Waals surface area contributed by atoms with Gasteiger partial charge in [-0.3, -0.25) is 14.4 Å². The Morgan fingerprint density at radius 2 is 1.74 bits per heavy atom. The van der Waals surface area contributed by atoms with Crippen LogP contribution in [0.2, 0.25) is 10.0 Å². The van der Waals surface area contributed by atoms with Gasteiger partial charge in [-0.1, -0.05) is 35.3 Å². The van der Waals surface area contributed by atoms with Crippen LogP contribution >= 0.6 is 23.2 Å². The van der Waals surface area contributed by atoms with E-state index in [4.69, 9.17) is 27.9 Å². The van der Waals surface area contributed by atoms with Crippen molar-refractivity contribution in [3.05, 3.63) is 87.4 Å². The number of ether oxygens (including phenoxy) is 1. The smallest absolute Gasteiger partial charge is 0.308 e. The number of anilines is 2. The Bertz CT molecular complexity index is 1280. The zero-order valence-electron chi connectivity index (χ0n) is 18.4. The highest BCUT2D eigenvalue weighted by Crippen LogP contribution is 2.32. The second-order valence-electron chi connectivity index (χ2n) is 7.93. The van der Waals surface area contributed by atoms with Crippen LogP contribution in [-0.2, 0) is 11.2 Å². The van der Waals surface area contributed by atoms with Crippen LogP contribution in [0.25, 0.3) is 0 Å². The molecule has 0 spiro atoms. The lowest BCUT2D eigenvalue weighted by Crippen LogP contribution is -2.32. The van der Waals surface area contributed by atoms with Gasteiger partial charge in [0.2, 0.25) is 0 Å². The molecule has 1 aliphatic heterocycles. The summed E-state index contributed by atoms with van der Waals surface area (Å²) in [7, 11) is 0. The molecule has 0 aromatic heterocycles. The first-order valence-electron chi connectivity index (χ1n) is 10.8. The maximum atomic E-state index is 13.4. The fourth-order valence-electron chi connectivity index (χ4n) is 3.94. The minimum Gasteiger partial charge on any atom is -0.426 e. The number of carbonyl (C=O) groups is 3. The number of amides is 2. The largest absolute Gasteiger partial charge is 0.426 e. The number of fused-ring (bicyclic) bond motifs is 1. The first-order valence-corrected chi connectivity index (χ1v) is 11.6.